The minimum absolute atomic E-state index is 0.133. The smallest absolute Gasteiger partial charge is 0.414 e. The molecular weight excluding hydrogens is 336 g/mol. The van der Waals surface area contributed by atoms with E-state index in [2.05, 4.69) is 4.98 Å². The normalized spacial score (nSPS) is 9.50. The van der Waals surface area contributed by atoms with Gasteiger partial charge in [0.2, 0.25) is 0 Å². The maximum Gasteiger partial charge on any atom is 0.414 e. The number of thioether (sulfide) groups is 1. The number of rotatable bonds is 5. The molecule has 1 heterocycles. The van der Waals surface area contributed by atoms with Crippen molar-refractivity contribution in [3.8, 4) is 0 Å². The molecule has 0 amide bonds. The summed E-state index contributed by atoms with van der Waals surface area (Å²) in [6.45, 7) is 0. The number of aryl methyl sites for hydroxylation is 1. The molecule has 1 aromatic heterocycles. The number of carboxylic acids is 2. The van der Waals surface area contributed by atoms with Crippen molar-refractivity contribution >= 4 is 29.4 Å². The van der Waals surface area contributed by atoms with Crippen LogP contribution >= 0.6 is 11.8 Å². The Kier molecular flexibility index (Phi) is 7.92. The molecule has 0 bridgehead atoms. The summed E-state index contributed by atoms with van der Waals surface area (Å²) in [5.74, 6) is -2.70. The first-order chi connectivity index (χ1) is 11.4. The van der Waals surface area contributed by atoms with Crippen molar-refractivity contribution in [2.75, 3.05) is 5.75 Å². The fourth-order valence-electron chi connectivity index (χ4n) is 1.50. The van der Waals surface area contributed by atoms with E-state index in [1.807, 2.05) is 12.1 Å². The summed E-state index contributed by atoms with van der Waals surface area (Å²) in [4.78, 5) is 33.3. The molecule has 1 aromatic carbocycles. The van der Waals surface area contributed by atoms with E-state index < -0.39 is 11.9 Å². The number of aliphatic carboxylic acids is 2. The molecule has 2 N–H and O–H groups in total. The number of nitrogens with zero attached hydrogens (tertiary/aromatic N) is 2. The van der Waals surface area contributed by atoms with Gasteiger partial charge in [0.1, 0.15) is 0 Å². The number of carbonyl (C=O) groups is 2. The summed E-state index contributed by atoms with van der Waals surface area (Å²) < 4.78 is 0. The van der Waals surface area contributed by atoms with Gasteiger partial charge < -0.3 is 10.2 Å². The fraction of sp³-hybridized carbons (Fsp3) is 0.133. The number of hydrogen-bond donors (Lipinski definition) is 2. The van der Waals surface area contributed by atoms with Crippen molar-refractivity contribution in [3.05, 3.63) is 64.5 Å². The molecule has 0 aliphatic carbocycles. The molecule has 9 heteroatoms. The minimum Gasteiger partial charge on any atom is -0.473 e. The van der Waals surface area contributed by atoms with Gasteiger partial charge in [-0.25, -0.2) is 9.59 Å². The molecule has 2 rings (SSSR count). The van der Waals surface area contributed by atoms with Gasteiger partial charge in [-0.2, -0.15) is 0 Å². The highest BCUT2D eigenvalue weighted by Gasteiger charge is 2.04. The topological polar surface area (TPSA) is 131 Å². The maximum atomic E-state index is 10.5. The number of non-ortho nitro benzene ring substituents is 1. The van der Waals surface area contributed by atoms with Crippen molar-refractivity contribution < 1.29 is 24.7 Å². The molecule has 8 nitrogen and oxygen atoms in total. The van der Waals surface area contributed by atoms with Gasteiger partial charge in [-0.3, -0.25) is 15.1 Å². The third-order valence-corrected chi connectivity index (χ3v) is 3.65. The van der Waals surface area contributed by atoms with E-state index in [0.29, 0.717) is 0 Å². The molecule has 0 atom stereocenters. The van der Waals surface area contributed by atoms with Gasteiger partial charge in [0.15, 0.2) is 0 Å². The Balaban J connectivity index is 0.000000413. The van der Waals surface area contributed by atoms with Crippen LogP contribution in [0.3, 0.4) is 0 Å². The van der Waals surface area contributed by atoms with Crippen LogP contribution in [0.15, 0.2) is 53.7 Å². The number of carboxylic acid groups (broad SMARTS) is 2. The molecule has 0 aliphatic rings. The number of benzene rings is 1. The SMILES string of the molecule is O=C(O)C(=O)O.O=[N+]([O-])c1ccc(SCCc2ccncc2)cc1. The van der Waals surface area contributed by atoms with Gasteiger partial charge >= 0.3 is 11.9 Å². The first kappa shape index (κ1) is 19.1. The average molecular weight is 350 g/mol. The van der Waals surface area contributed by atoms with Crippen LogP contribution in [0.4, 0.5) is 5.69 Å². The molecule has 24 heavy (non-hydrogen) atoms. The molecule has 0 saturated heterocycles. The second-order valence-corrected chi connectivity index (χ2v) is 5.48. The number of hydrogen-bond acceptors (Lipinski definition) is 6. The largest absolute Gasteiger partial charge is 0.473 e. The Morgan fingerprint density at radius 1 is 1.04 bits per heavy atom. The van der Waals surface area contributed by atoms with Gasteiger partial charge in [0.05, 0.1) is 4.92 Å². The van der Waals surface area contributed by atoms with Gasteiger partial charge in [-0.1, -0.05) is 0 Å². The Morgan fingerprint density at radius 3 is 2.04 bits per heavy atom. The summed E-state index contributed by atoms with van der Waals surface area (Å²) in [6, 6.07) is 10.6. The summed E-state index contributed by atoms with van der Waals surface area (Å²) in [6.07, 6.45) is 4.53. The van der Waals surface area contributed by atoms with E-state index in [4.69, 9.17) is 19.8 Å². The van der Waals surface area contributed by atoms with Crippen LogP contribution in [-0.4, -0.2) is 37.8 Å². The van der Waals surface area contributed by atoms with E-state index in [1.54, 1.807) is 36.3 Å². The zero-order valence-corrected chi connectivity index (χ0v) is 13.2. The summed E-state index contributed by atoms with van der Waals surface area (Å²) in [5.41, 5.74) is 1.38. The van der Waals surface area contributed by atoms with Crippen LogP contribution in [0.2, 0.25) is 0 Å². The highest BCUT2D eigenvalue weighted by Crippen LogP contribution is 2.22. The molecule has 0 aliphatic heterocycles. The highest BCUT2D eigenvalue weighted by atomic mass is 32.2. The van der Waals surface area contributed by atoms with Gasteiger partial charge in [0.25, 0.3) is 5.69 Å². The third-order valence-electron chi connectivity index (χ3n) is 2.64. The molecule has 0 unspecified atom stereocenters. The lowest BCUT2D eigenvalue weighted by atomic mass is 10.2. The first-order valence-corrected chi connectivity index (χ1v) is 7.61. The number of nitro benzene ring substituents is 1. The third kappa shape index (κ3) is 7.36. The maximum absolute atomic E-state index is 10.5. The van der Waals surface area contributed by atoms with Crippen molar-refractivity contribution in [1.82, 2.24) is 4.98 Å². The molecule has 0 saturated carbocycles. The summed E-state index contributed by atoms with van der Waals surface area (Å²) in [7, 11) is 0. The van der Waals surface area contributed by atoms with Crippen molar-refractivity contribution in [2.45, 2.75) is 11.3 Å². The summed E-state index contributed by atoms with van der Waals surface area (Å²) in [5, 5.41) is 25.3. The highest BCUT2D eigenvalue weighted by molar-refractivity contribution is 7.99. The van der Waals surface area contributed by atoms with E-state index in [-0.39, 0.29) is 10.6 Å². The van der Waals surface area contributed by atoms with Gasteiger partial charge in [-0.05, 0) is 36.2 Å². The molecule has 0 spiro atoms. The average Bonchev–Trinajstić information content (AvgIpc) is 2.57. The lowest BCUT2D eigenvalue weighted by Gasteiger charge is -2.01. The van der Waals surface area contributed by atoms with E-state index in [9.17, 15) is 10.1 Å². The van der Waals surface area contributed by atoms with E-state index in [1.165, 1.54) is 17.7 Å². The van der Waals surface area contributed by atoms with Gasteiger partial charge in [0, 0.05) is 35.2 Å². The Morgan fingerprint density at radius 2 is 1.58 bits per heavy atom. The Hall–Kier alpha value is -2.94. The Labute approximate surface area is 141 Å². The van der Waals surface area contributed by atoms with Crippen molar-refractivity contribution in [1.29, 1.82) is 0 Å². The fourth-order valence-corrected chi connectivity index (χ4v) is 2.40. The van der Waals surface area contributed by atoms with Gasteiger partial charge in [-0.15, -0.1) is 11.8 Å². The number of pyridine rings is 1. The van der Waals surface area contributed by atoms with Crippen molar-refractivity contribution in [3.63, 3.8) is 0 Å². The first-order valence-electron chi connectivity index (χ1n) is 6.62. The molecule has 2 aromatic rings. The minimum atomic E-state index is -1.82. The second-order valence-electron chi connectivity index (χ2n) is 4.32. The van der Waals surface area contributed by atoms with Crippen molar-refractivity contribution in [2.24, 2.45) is 0 Å². The van der Waals surface area contributed by atoms with Crippen LogP contribution in [-0.2, 0) is 16.0 Å². The van der Waals surface area contributed by atoms with E-state index in [0.717, 1.165) is 17.1 Å². The van der Waals surface area contributed by atoms with Crippen LogP contribution in [0.25, 0.3) is 0 Å². The molecule has 126 valence electrons. The van der Waals surface area contributed by atoms with Crippen LogP contribution in [0, 0.1) is 10.1 Å². The quantitative estimate of drug-likeness (QED) is 0.364. The Bertz CT molecular complexity index is 679. The lowest BCUT2D eigenvalue weighted by molar-refractivity contribution is -0.384. The number of nitro groups is 1. The summed E-state index contributed by atoms with van der Waals surface area (Å²) >= 11 is 1.69. The molecular formula is C15H14N2O6S. The lowest BCUT2D eigenvalue weighted by Crippen LogP contribution is -2.09. The zero-order valence-electron chi connectivity index (χ0n) is 12.4. The number of aromatic nitrogens is 1. The predicted octanol–water partition coefficient (Wildman–Crippen LogP) is 2.48. The second kappa shape index (κ2) is 9.95. The van der Waals surface area contributed by atoms with Crippen LogP contribution < -0.4 is 0 Å². The standard InChI is InChI=1S/C13H12N2O2S.C2H2O4/c16-15(17)12-1-3-13(4-2-12)18-10-7-11-5-8-14-9-6-11;3-1(4)2(5)6/h1-6,8-9H,7,10H2;(H,3,4)(H,5,6). The van der Waals surface area contributed by atoms with Crippen LogP contribution in [0.1, 0.15) is 5.56 Å². The molecule has 0 fully saturated rings. The van der Waals surface area contributed by atoms with Crippen LogP contribution in [0.5, 0.6) is 0 Å². The molecule has 0 radical (unpaired) electrons. The zero-order chi connectivity index (χ0) is 17.9. The monoisotopic (exact) mass is 350 g/mol. The van der Waals surface area contributed by atoms with E-state index >= 15 is 0 Å². The predicted molar refractivity (Wildman–Crippen MR) is 87.0 cm³/mol.